The van der Waals surface area contributed by atoms with Gasteiger partial charge in [0.1, 0.15) is 0 Å². The van der Waals surface area contributed by atoms with Gasteiger partial charge in [0.05, 0.1) is 5.69 Å². The summed E-state index contributed by atoms with van der Waals surface area (Å²) in [5.41, 5.74) is 1.66. The number of anilines is 1. The lowest BCUT2D eigenvalue weighted by Gasteiger charge is -2.12. The van der Waals surface area contributed by atoms with Gasteiger partial charge in [-0.15, -0.1) is 0 Å². The second-order valence-corrected chi connectivity index (χ2v) is 5.07. The van der Waals surface area contributed by atoms with Crippen LogP contribution in [-0.2, 0) is 9.59 Å². The molecule has 0 bridgehead atoms. The van der Waals surface area contributed by atoms with Crippen LogP contribution in [0.3, 0.4) is 0 Å². The molecule has 4 nitrogen and oxygen atoms in total. The lowest BCUT2D eigenvalue weighted by molar-refractivity contribution is -0.136. The van der Waals surface area contributed by atoms with E-state index in [0.717, 1.165) is 16.5 Å². The highest BCUT2D eigenvalue weighted by atomic mass is 79.9. The third-order valence-corrected chi connectivity index (χ3v) is 3.22. The number of benzene rings is 1. The van der Waals surface area contributed by atoms with Gasteiger partial charge in [0.25, 0.3) is 0 Å². The molecule has 0 unspecified atom stereocenters. The number of aryl methyl sites for hydroxylation is 1. The van der Waals surface area contributed by atoms with Gasteiger partial charge >= 0.3 is 11.8 Å². The zero-order valence-corrected chi connectivity index (χ0v) is 12.3. The summed E-state index contributed by atoms with van der Waals surface area (Å²) in [4.78, 5) is 23.2. The molecule has 0 fully saturated rings. The molecule has 5 heteroatoms. The fourth-order valence-corrected chi connectivity index (χ4v) is 1.88. The molecular weight excluding hydrogens is 296 g/mol. The molecule has 0 aromatic heterocycles. The van der Waals surface area contributed by atoms with Crippen LogP contribution in [0.1, 0.15) is 25.8 Å². The van der Waals surface area contributed by atoms with Gasteiger partial charge in [0.15, 0.2) is 0 Å². The molecule has 18 heavy (non-hydrogen) atoms. The lowest BCUT2D eigenvalue weighted by Crippen LogP contribution is -2.40. The van der Waals surface area contributed by atoms with E-state index in [1.165, 1.54) is 0 Å². The van der Waals surface area contributed by atoms with Gasteiger partial charge in [-0.3, -0.25) is 9.59 Å². The van der Waals surface area contributed by atoms with Crippen LogP contribution >= 0.6 is 15.9 Å². The van der Waals surface area contributed by atoms with E-state index in [4.69, 9.17) is 0 Å². The number of amides is 2. The van der Waals surface area contributed by atoms with Crippen LogP contribution in [0.4, 0.5) is 5.69 Å². The number of carbonyl (C=O) groups excluding carboxylic acids is 2. The fourth-order valence-electron chi connectivity index (χ4n) is 1.29. The Balaban J connectivity index is 2.67. The minimum absolute atomic E-state index is 0.00953. The highest BCUT2D eigenvalue weighted by Crippen LogP contribution is 2.23. The first-order chi connectivity index (χ1) is 8.43. The molecule has 1 aromatic rings. The molecule has 2 amide bonds. The summed E-state index contributed by atoms with van der Waals surface area (Å²) in [6.45, 7) is 5.75. The average Bonchev–Trinajstić information content (AvgIpc) is 2.32. The van der Waals surface area contributed by atoms with Crippen LogP contribution < -0.4 is 10.6 Å². The van der Waals surface area contributed by atoms with E-state index >= 15 is 0 Å². The van der Waals surface area contributed by atoms with E-state index in [2.05, 4.69) is 26.6 Å². The second-order valence-electron chi connectivity index (χ2n) is 4.22. The smallest absolute Gasteiger partial charge is 0.313 e. The summed E-state index contributed by atoms with van der Waals surface area (Å²) in [7, 11) is 0. The number of rotatable bonds is 3. The van der Waals surface area contributed by atoms with Crippen molar-refractivity contribution in [2.75, 3.05) is 5.32 Å². The number of halogens is 1. The summed E-state index contributed by atoms with van der Waals surface area (Å²) < 4.78 is 0.757. The molecule has 1 rings (SSSR count). The minimum atomic E-state index is -0.653. The molecule has 0 aliphatic heterocycles. The fraction of sp³-hybridized carbons (Fsp3) is 0.385. The molecule has 98 valence electrons. The second kappa shape index (κ2) is 6.54. The first kappa shape index (κ1) is 14.7. The van der Waals surface area contributed by atoms with Crippen molar-refractivity contribution in [3.8, 4) is 0 Å². The van der Waals surface area contributed by atoms with Crippen LogP contribution in [0.2, 0.25) is 0 Å². The van der Waals surface area contributed by atoms with Crippen LogP contribution in [0.25, 0.3) is 0 Å². The van der Waals surface area contributed by atoms with Crippen molar-refractivity contribution in [1.29, 1.82) is 0 Å². The number of nitrogens with one attached hydrogen (secondary N) is 2. The molecule has 0 aliphatic rings. The third-order valence-electron chi connectivity index (χ3n) is 2.57. The zero-order chi connectivity index (χ0) is 13.7. The molecular formula is C13H17BrN2O2. The van der Waals surface area contributed by atoms with Gasteiger partial charge in [-0.25, -0.2) is 0 Å². The van der Waals surface area contributed by atoms with Crippen LogP contribution in [0.15, 0.2) is 22.7 Å². The monoisotopic (exact) mass is 312 g/mol. The highest BCUT2D eigenvalue weighted by molar-refractivity contribution is 9.10. The molecule has 0 spiro atoms. The van der Waals surface area contributed by atoms with Crippen molar-refractivity contribution in [2.24, 2.45) is 0 Å². The molecule has 0 saturated heterocycles. The van der Waals surface area contributed by atoms with Gasteiger partial charge in [-0.1, -0.05) is 13.0 Å². The predicted octanol–water partition coefficient (Wildman–Crippen LogP) is 2.61. The van der Waals surface area contributed by atoms with Crippen molar-refractivity contribution in [1.82, 2.24) is 5.32 Å². The molecule has 0 radical (unpaired) electrons. The Hall–Kier alpha value is -1.36. The third kappa shape index (κ3) is 4.14. The average molecular weight is 313 g/mol. The summed E-state index contributed by atoms with van der Waals surface area (Å²) >= 11 is 3.34. The Bertz CT molecular complexity index is 460. The molecule has 1 atom stereocenters. The Morgan fingerprint density at radius 2 is 2.00 bits per heavy atom. The maximum atomic E-state index is 11.7. The van der Waals surface area contributed by atoms with Crippen molar-refractivity contribution in [3.05, 3.63) is 28.2 Å². The van der Waals surface area contributed by atoms with E-state index in [1.807, 2.05) is 32.9 Å². The number of carbonyl (C=O) groups is 2. The molecule has 0 heterocycles. The van der Waals surface area contributed by atoms with Gasteiger partial charge in [-0.2, -0.15) is 0 Å². The maximum absolute atomic E-state index is 11.7. The van der Waals surface area contributed by atoms with E-state index in [1.54, 1.807) is 6.07 Å². The van der Waals surface area contributed by atoms with E-state index in [9.17, 15) is 9.59 Å². The summed E-state index contributed by atoms with van der Waals surface area (Å²) in [5, 5.41) is 5.18. The highest BCUT2D eigenvalue weighted by Gasteiger charge is 2.16. The van der Waals surface area contributed by atoms with Crippen molar-refractivity contribution in [2.45, 2.75) is 33.2 Å². The lowest BCUT2D eigenvalue weighted by atomic mass is 10.2. The summed E-state index contributed by atoms with van der Waals surface area (Å²) in [5.74, 6) is -1.27. The van der Waals surface area contributed by atoms with Gasteiger partial charge in [-0.05, 0) is 53.9 Å². The first-order valence-electron chi connectivity index (χ1n) is 5.82. The van der Waals surface area contributed by atoms with Crippen LogP contribution in [0.5, 0.6) is 0 Å². The Kier molecular flexibility index (Phi) is 5.34. The number of hydrogen-bond acceptors (Lipinski definition) is 2. The van der Waals surface area contributed by atoms with Crippen molar-refractivity contribution in [3.63, 3.8) is 0 Å². The van der Waals surface area contributed by atoms with E-state index in [0.29, 0.717) is 5.69 Å². The van der Waals surface area contributed by atoms with Crippen molar-refractivity contribution < 1.29 is 9.59 Å². The summed E-state index contributed by atoms with van der Waals surface area (Å²) in [6.07, 6.45) is 0.785. The predicted molar refractivity (Wildman–Crippen MR) is 75.4 cm³/mol. The topological polar surface area (TPSA) is 58.2 Å². The first-order valence-corrected chi connectivity index (χ1v) is 6.61. The molecule has 2 N–H and O–H groups in total. The molecule has 0 aliphatic carbocycles. The normalized spacial score (nSPS) is 11.8. The Morgan fingerprint density at radius 1 is 1.33 bits per heavy atom. The van der Waals surface area contributed by atoms with Gasteiger partial charge in [0.2, 0.25) is 0 Å². The van der Waals surface area contributed by atoms with Crippen molar-refractivity contribution >= 4 is 33.4 Å². The number of hydrogen-bond donors (Lipinski definition) is 2. The van der Waals surface area contributed by atoms with Crippen LogP contribution in [-0.4, -0.2) is 17.9 Å². The van der Waals surface area contributed by atoms with E-state index in [-0.39, 0.29) is 6.04 Å². The van der Waals surface area contributed by atoms with Gasteiger partial charge < -0.3 is 10.6 Å². The van der Waals surface area contributed by atoms with Gasteiger partial charge in [0, 0.05) is 10.5 Å². The SMILES string of the molecule is CC[C@H](C)NC(=O)C(=O)Nc1ccc(C)cc1Br. The van der Waals surface area contributed by atoms with Crippen LogP contribution in [0, 0.1) is 6.92 Å². The molecule has 1 aromatic carbocycles. The van der Waals surface area contributed by atoms with E-state index < -0.39 is 11.8 Å². The largest absolute Gasteiger partial charge is 0.345 e. The zero-order valence-electron chi connectivity index (χ0n) is 10.7. The Morgan fingerprint density at radius 3 is 2.56 bits per heavy atom. The maximum Gasteiger partial charge on any atom is 0.313 e. The minimum Gasteiger partial charge on any atom is -0.345 e. The quantitative estimate of drug-likeness (QED) is 0.843. The molecule has 0 saturated carbocycles. The standard InChI is InChI=1S/C13H17BrN2O2/c1-4-9(3)15-12(17)13(18)16-11-6-5-8(2)7-10(11)14/h5-7,9H,4H2,1-3H3,(H,15,17)(H,16,18)/t9-/m0/s1. The summed E-state index contributed by atoms with van der Waals surface area (Å²) in [6, 6.07) is 5.49. The Labute approximate surface area is 115 Å².